The largest absolute Gasteiger partial charge is 0.493 e. The van der Waals surface area contributed by atoms with Crippen molar-refractivity contribution in [1.29, 1.82) is 0 Å². The molecule has 0 bridgehead atoms. The Labute approximate surface area is 129 Å². The quantitative estimate of drug-likeness (QED) is 0.801. The van der Waals surface area contributed by atoms with Gasteiger partial charge in [-0.25, -0.2) is 0 Å². The molecular weight excluding hydrogens is 294 g/mol. The van der Waals surface area contributed by atoms with Crippen molar-refractivity contribution in [1.82, 2.24) is 4.90 Å². The van der Waals surface area contributed by atoms with Crippen molar-refractivity contribution >= 4 is 23.5 Å². The van der Waals surface area contributed by atoms with Gasteiger partial charge in [-0.15, -0.1) is 0 Å². The van der Waals surface area contributed by atoms with Crippen LogP contribution in [0.4, 0.5) is 0 Å². The van der Waals surface area contributed by atoms with E-state index in [2.05, 4.69) is 0 Å². The molecule has 1 aromatic carbocycles. The van der Waals surface area contributed by atoms with E-state index in [1.807, 2.05) is 6.92 Å². The molecule has 0 aromatic heterocycles. The summed E-state index contributed by atoms with van der Waals surface area (Å²) in [6.07, 6.45) is 0.734. The highest BCUT2D eigenvalue weighted by Crippen LogP contribution is 2.24. The Balaban J connectivity index is 2.96. The number of carboxylic acid groups (broad SMARTS) is 1. The van der Waals surface area contributed by atoms with Crippen molar-refractivity contribution < 1.29 is 19.4 Å². The minimum Gasteiger partial charge on any atom is -0.493 e. The molecule has 6 heteroatoms. The monoisotopic (exact) mass is 313 g/mol. The van der Waals surface area contributed by atoms with E-state index in [-0.39, 0.29) is 18.9 Å². The third-order valence-corrected chi connectivity index (χ3v) is 3.13. The van der Waals surface area contributed by atoms with Crippen LogP contribution in [-0.2, 0) is 4.79 Å². The van der Waals surface area contributed by atoms with E-state index in [1.165, 1.54) is 4.90 Å². The van der Waals surface area contributed by atoms with E-state index in [9.17, 15) is 9.59 Å². The number of benzene rings is 1. The highest BCUT2D eigenvalue weighted by atomic mass is 35.5. The number of amides is 1. The van der Waals surface area contributed by atoms with Crippen LogP contribution in [0.1, 0.15) is 37.0 Å². The lowest BCUT2D eigenvalue weighted by atomic mass is 10.1. The number of ether oxygens (including phenoxy) is 1. The zero-order valence-corrected chi connectivity index (χ0v) is 13.0. The number of hydrogen-bond donors (Lipinski definition) is 1. The van der Waals surface area contributed by atoms with Gasteiger partial charge in [0.15, 0.2) is 0 Å². The third kappa shape index (κ3) is 5.27. The van der Waals surface area contributed by atoms with E-state index in [4.69, 9.17) is 21.4 Å². The predicted octanol–water partition coefficient (Wildman–Crippen LogP) is 3.07. The number of carbonyl (C=O) groups excluding carboxylic acids is 1. The molecule has 1 rings (SSSR count). The average molecular weight is 314 g/mol. The SMILES string of the molecule is CCCOc1ccc(Cl)cc1C(=O)N(CC)CCC(=O)O. The Morgan fingerprint density at radius 3 is 2.62 bits per heavy atom. The summed E-state index contributed by atoms with van der Waals surface area (Å²) in [4.78, 5) is 24.6. The minimum absolute atomic E-state index is 0.0920. The molecule has 1 N–H and O–H groups in total. The van der Waals surface area contributed by atoms with Gasteiger partial charge in [-0.1, -0.05) is 18.5 Å². The van der Waals surface area contributed by atoms with Gasteiger partial charge in [0.05, 0.1) is 18.6 Å². The van der Waals surface area contributed by atoms with Crippen molar-refractivity contribution in [2.45, 2.75) is 26.7 Å². The smallest absolute Gasteiger partial charge is 0.305 e. The molecule has 5 nitrogen and oxygen atoms in total. The van der Waals surface area contributed by atoms with Crippen LogP contribution in [0.2, 0.25) is 5.02 Å². The van der Waals surface area contributed by atoms with Crippen molar-refractivity contribution in [3.05, 3.63) is 28.8 Å². The van der Waals surface area contributed by atoms with Crippen molar-refractivity contribution in [2.24, 2.45) is 0 Å². The Bertz CT molecular complexity index is 504. The third-order valence-electron chi connectivity index (χ3n) is 2.90. The van der Waals surface area contributed by atoms with Crippen LogP contribution >= 0.6 is 11.6 Å². The predicted molar refractivity (Wildman–Crippen MR) is 81.1 cm³/mol. The van der Waals surface area contributed by atoms with Gasteiger partial charge in [-0.05, 0) is 31.5 Å². The molecule has 0 saturated heterocycles. The zero-order valence-electron chi connectivity index (χ0n) is 12.3. The van der Waals surface area contributed by atoms with Gasteiger partial charge < -0.3 is 14.7 Å². The van der Waals surface area contributed by atoms with Crippen LogP contribution in [0.5, 0.6) is 5.75 Å². The van der Waals surface area contributed by atoms with E-state index in [0.717, 1.165) is 6.42 Å². The molecular formula is C15H20ClNO4. The molecule has 0 unspecified atom stereocenters. The molecule has 116 valence electrons. The molecule has 1 aromatic rings. The van der Waals surface area contributed by atoms with Gasteiger partial charge in [0.1, 0.15) is 5.75 Å². The first kappa shape index (κ1) is 17.3. The van der Waals surface area contributed by atoms with E-state index >= 15 is 0 Å². The number of halogens is 1. The van der Waals surface area contributed by atoms with E-state index in [0.29, 0.717) is 29.5 Å². The van der Waals surface area contributed by atoms with Gasteiger partial charge in [0.25, 0.3) is 5.91 Å². The van der Waals surface area contributed by atoms with Gasteiger partial charge in [-0.2, -0.15) is 0 Å². The summed E-state index contributed by atoms with van der Waals surface area (Å²) in [5.41, 5.74) is 0.364. The summed E-state index contributed by atoms with van der Waals surface area (Å²) in [5.74, 6) is -0.734. The Kier molecular flexibility index (Phi) is 7.02. The van der Waals surface area contributed by atoms with Crippen LogP contribution in [0, 0.1) is 0 Å². The molecule has 0 saturated carbocycles. The number of nitrogens with zero attached hydrogens (tertiary/aromatic N) is 1. The fraction of sp³-hybridized carbons (Fsp3) is 0.467. The van der Waals surface area contributed by atoms with Gasteiger partial charge >= 0.3 is 5.97 Å². The zero-order chi connectivity index (χ0) is 15.8. The van der Waals surface area contributed by atoms with E-state index in [1.54, 1.807) is 25.1 Å². The van der Waals surface area contributed by atoms with Crippen molar-refractivity contribution in [3.8, 4) is 5.75 Å². The van der Waals surface area contributed by atoms with Crippen molar-refractivity contribution in [2.75, 3.05) is 19.7 Å². The highest BCUT2D eigenvalue weighted by Gasteiger charge is 2.19. The normalized spacial score (nSPS) is 10.2. The maximum atomic E-state index is 12.5. The Morgan fingerprint density at radius 2 is 2.05 bits per heavy atom. The van der Waals surface area contributed by atoms with Crippen LogP contribution in [0.3, 0.4) is 0 Å². The number of aliphatic carboxylic acids is 1. The topological polar surface area (TPSA) is 66.8 Å². The highest BCUT2D eigenvalue weighted by molar-refractivity contribution is 6.31. The van der Waals surface area contributed by atoms with Gasteiger partial charge in [0, 0.05) is 18.1 Å². The second kappa shape index (κ2) is 8.52. The summed E-state index contributed by atoms with van der Waals surface area (Å²) >= 11 is 5.95. The molecule has 21 heavy (non-hydrogen) atoms. The molecule has 0 aliphatic rings. The lowest BCUT2D eigenvalue weighted by Crippen LogP contribution is -2.33. The maximum absolute atomic E-state index is 12.5. The van der Waals surface area contributed by atoms with Crippen LogP contribution in [-0.4, -0.2) is 41.6 Å². The molecule has 0 fully saturated rings. The van der Waals surface area contributed by atoms with E-state index < -0.39 is 5.97 Å². The summed E-state index contributed by atoms with van der Waals surface area (Å²) in [6, 6.07) is 4.88. The standard InChI is InChI=1S/C15H20ClNO4/c1-3-9-21-13-6-5-11(16)10-12(13)15(20)17(4-2)8-7-14(18)19/h5-6,10H,3-4,7-9H2,1-2H3,(H,18,19). The Hall–Kier alpha value is -1.75. The molecule has 1 amide bonds. The fourth-order valence-electron chi connectivity index (χ4n) is 1.81. The minimum atomic E-state index is -0.935. The summed E-state index contributed by atoms with van der Waals surface area (Å²) in [7, 11) is 0. The van der Waals surface area contributed by atoms with Crippen LogP contribution < -0.4 is 4.74 Å². The second-order valence-corrected chi connectivity index (χ2v) is 4.95. The molecule has 0 atom stereocenters. The average Bonchev–Trinajstić information content (AvgIpc) is 2.46. The number of carbonyl (C=O) groups is 2. The summed E-state index contributed by atoms with van der Waals surface area (Å²) in [5, 5.41) is 9.18. The first-order chi connectivity index (χ1) is 9.99. The maximum Gasteiger partial charge on any atom is 0.305 e. The first-order valence-corrected chi connectivity index (χ1v) is 7.30. The number of hydrogen-bond acceptors (Lipinski definition) is 3. The van der Waals surface area contributed by atoms with Crippen LogP contribution in [0.25, 0.3) is 0 Å². The number of carboxylic acids is 1. The molecule has 0 radical (unpaired) electrons. The van der Waals surface area contributed by atoms with Crippen LogP contribution in [0.15, 0.2) is 18.2 Å². The fourth-order valence-corrected chi connectivity index (χ4v) is 1.98. The molecule has 0 aliphatic heterocycles. The van der Waals surface area contributed by atoms with Gasteiger partial charge in [0.2, 0.25) is 0 Å². The molecule has 0 spiro atoms. The molecule has 0 aliphatic carbocycles. The second-order valence-electron chi connectivity index (χ2n) is 4.52. The van der Waals surface area contributed by atoms with Gasteiger partial charge in [-0.3, -0.25) is 9.59 Å². The summed E-state index contributed by atoms with van der Waals surface area (Å²) in [6.45, 7) is 4.86. The lowest BCUT2D eigenvalue weighted by molar-refractivity contribution is -0.137. The van der Waals surface area contributed by atoms with Crippen molar-refractivity contribution in [3.63, 3.8) is 0 Å². The lowest BCUT2D eigenvalue weighted by Gasteiger charge is -2.21. The number of rotatable bonds is 8. The summed E-state index contributed by atoms with van der Waals surface area (Å²) < 4.78 is 5.56. The Morgan fingerprint density at radius 1 is 1.33 bits per heavy atom. The molecule has 0 heterocycles. The first-order valence-electron chi connectivity index (χ1n) is 6.93.